The molecule has 0 bridgehead atoms. The van der Waals surface area contributed by atoms with Gasteiger partial charge in [0.1, 0.15) is 0 Å². The summed E-state index contributed by atoms with van der Waals surface area (Å²) in [7, 11) is 0. The van der Waals surface area contributed by atoms with Gasteiger partial charge < -0.3 is 10.3 Å². The Morgan fingerprint density at radius 3 is 2.69 bits per heavy atom. The number of nitrogens with one attached hydrogen (secondary N) is 2. The number of amides is 1. The molecule has 0 unspecified atom stereocenters. The number of aromatic amines is 1. The Bertz CT molecular complexity index is 1160. The van der Waals surface area contributed by atoms with Crippen molar-refractivity contribution in [1.29, 1.82) is 0 Å². The van der Waals surface area contributed by atoms with Crippen LogP contribution in [0.15, 0.2) is 72.9 Å². The fourth-order valence-corrected chi connectivity index (χ4v) is 4.54. The Hall–Kier alpha value is -3.11. The predicted molar refractivity (Wildman–Crippen MR) is 118 cm³/mol. The number of nitrogens with zero attached hydrogens (tertiary/aromatic N) is 1. The number of likely N-dealkylation sites (tertiary alicyclic amines) is 1. The fraction of sp³-hybridized carbons (Fsp3) is 0.240. The number of H-pyrrole nitrogens is 1. The van der Waals surface area contributed by atoms with Crippen molar-refractivity contribution in [3.63, 3.8) is 0 Å². The van der Waals surface area contributed by atoms with Crippen molar-refractivity contribution in [3.8, 4) is 0 Å². The molecule has 4 nitrogen and oxygen atoms in total. The van der Waals surface area contributed by atoms with Crippen molar-refractivity contribution in [2.45, 2.75) is 32.0 Å². The second-order valence-electron chi connectivity index (χ2n) is 7.84. The summed E-state index contributed by atoms with van der Waals surface area (Å²) >= 11 is 0. The summed E-state index contributed by atoms with van der Waals surface area (Å²) in [6.07, 6.45) is 3.98. The first-order valence-electron chi connectivity index (χ1n) is 10.3. The lowest BCUT2D eigenvalue weighted by Gasteiger charge is -2.24. The highest BCUT2D eigenvalue weighted by Gasteiger charge is 2.30. The van der Waals surface area contributed by atoms with Gasteiger partial charge in [0.15, 0.2) is 0 Å². The van der Waals surface area contributed by atoms with E-state index in [1.807, 2.05) is 18.3 Å². The quantitative estimate of drug-likeness (QED) is 0.529. The number of hydrogen-bond acceptors (Lipinski definition) is 2. The van der Waals surface area contributed by atoms with Crippen molar-refractivity contribution in [2.24, 2.45) is 0 Å². The van der Waals surface area contributed by atoms with Crippen LogP contribution in [0.5, 0.6) is 0 Å². The molecule has 0 radical (unpaired) electrons. The van der Waals surface area contributed by atoms with Gasteiger partial charge >= 0.3 is 0 Å². The molecule has 2 heterocycles. The Labute approximate surface area is 170 Å². The van der Waals surface area contributed by atoms with Crippen LogP contribution in [-0.4, -0.2) is 28.4 Å². The van der Waals surface area contributed by atoms with E-state index in [4.69, 9.17) is 0 Å². The lowest BCUT2D eigenvalue weighted by Crippen LogP contribution is -2.42. The average molecular weight is 383 g/mol. The molecule has 1 fully saturated rings. The van der Waals surface area contributed by atoms with E-state index in [9.17, 15) is 4.79 Å². The third kappa shape index (κ3) is 3.52. The van der Waals surface area contributed by atoms with Crippen LogP contribution in [0.4, 0.5) is 0 Å². The molecule has 1 amide bonds. The average Bonchev–Trinajstić information content (AvgIpc) is 3.39. The maximum absolute atomic E-state index is 13.0. The SMILES string of the molecule is O=C(NCc1c[nH]c2ccccc12)[C@H]1CCCN1Cc1cccc2ccccc12. The molecule has 0 aliphatic carbocycles. The minimum absolute atomic E-state index is 0.0563. The van der Waals surface area contributed by atoms with Gasteiger partial charge in [0, 0.05) is 30.2 Å². The first-order valence-corrected chi connectivity index (χ1v) is 10.3. The van der Waals surface area contributed by atoms with Gasteiger partial charge in [0.05, 0.1) is 6.04 Å². The highest BCUT2D eigenvalue weighted by molar-refractivity contribution is 5.87. The van der Waals surface area contributed by atoms with E-state index < -0.39 is 0 Å². The van der Waals surface area contributed by atoms with Crippen molar-refractivity contribution in [3.05, 3.63) is 84.1 Å². The molecule has 0 spiro atoms. The Morgan fingerprint density at radius 1 is 0.966 bits per heavy atom. The van der Waals surface area contributed by atoms with E-state index in [2.05, 4.69) is 69.8 Å². The van der Waals surface area contributed by atoms with Crippen LogP contribution < -0.4 is 5.32 Å². The van der Waals surface area contributed by atoms with Gasteiger partial charge in [-0.3, -0.25) is 9.69 Å². The highest BCUT2D eigenvalue weighted by Crippen LogP contribution is 2.25. The van der Waals surface area contributed by atoms with Crippen molar-refractivity contribution in [2.75, 3.05) is 6.54 Å². The fourth-order valence-electron chi connectivity index (χ4n) is 4.54. The third-order valence-electron chi connectivity index (χ3n) is 6.05. The predicted octanol–water partition coefficient (Wildman–Crippen LogP) is 4.60. The summed E-state index contributed by atoms with van der Waals surface area (Å²) in [5.41, 5.74) is 3.53. The molecule has 0 saturated carbocycles. The molecular formula is C25H25N3O. The van der Waals surface area contributed by atoms with E-state index in [0.29, 0.717) is 6.54 Å². The summed E-state index contributed by atoms with van der Waals surface area (Å²) in [6, 6.07) is 23.1. The number of fused-ring (bicyclic) bond motifs is 2. The number of rotatable bonds is 5. The summed E-state index contributed by atoms with van der Waals surface area (Å²) in [6.45, 7) is 2.34. The highest BCUT2D eigenvalue weighted by atomic mass is 16.2. The Kier molecular flexibility index (Phi) is 4.78. The van der Waals surface area contributed by atoms with Gasteiger partial charge in [-0.2, -0.15) is 0 Å². The van der Waals surface area contributed by atoms with Gasteiger partial charge in [-0.1, -0.05) is 60.7 Å². The van der Waals surface area contributed by atoms with E-state index in [-0.39, 0.29) is 11.9 Å². The zero-order valence-corrected chi connectivity index (χ0v) is 16.4. The van der Waals surface area contributed by atoms with Gasteiger partial charge in [-0.05, 0) is 47.4 Å². The van der Waals surface area contributed by atoms with Crippen LogP contribution in [0.2, 0.25) is 0 Å². The summed E-state index contributed by atoms with van der Waals surface area (Å²) < 4.78 is 0. The van der Waals surface area contributed by atoms with Crippen LogP contribution in [0.25, 0.3) is 21.7 Å². The molecular weight excluding hydrogens is 358 g/mol. The van der Waals surface area contributed by atoms with E-state index >= 15 is 0 Å². The van der Waals surface area contributed by atoms with Crippen LogP contribution in [0.3, 0.4) is 0 Å². The van der Waals surface area contributed by atoms with Gasteiger partial charge in [-0.15, -0.1) is 0 Å². The molecule has 1 aliphatic rings. The number of para-hydroxylation sites is 1. The maximum Gasteiger partial charge on any atom is 0.237 e. The number of hydrogen-bond donors (Lipinski definition) is 2. The lowest BCUT2D eigenvalue weighted by atomic mass is 10.0. The summed E-state index contributed by atoms with van der Waals surface area (Å²) in [5, 5.41) is 6.88. The number of benzene rings is 3. The molecule has 4 aromatic rings. The second kappa shape index (κ2) is 7.72. The van der Waals surface area contributed by atoms with E-state index in [1.54, 1.807) is 0 Å². The summed E-state index contributed by atoms with van der Waals surface area (Å²) in [4.78, 5) is 18.6. The Morgan fingerprint density at radius 2 is 1.76 bits per heavy atom. The van der Waals surface area contributed by atoms with E-state index in [0.717, 1.165) is 37.0 Å². The monoisotopic (exact) mass is 383 g/mol. The molecule has 5 rings (SSSR count). The van der Waals surface area contributed by atoms with Gasteiger partial charge in [0.2, 0.25) is 5.91 Å². The Balaban J connectivity index is 1.29. The van der Waals surface area contributed by atoms with Crippen LogP contribution in [0, 0.1) is 0 Å². The molecule has 146 valence electrons. The number of carbonyl (C=O) groups excluding carboxylic acids is 1. The second-order valence-corrected chi connectivity index (χ2v) is 7.84. The zero-order valence-electron chi connectivity index (χ0n) is 16.4. The molecule has 4 heteroatoms. The van der Waals surface area contributed by atoms with Gasteiger partial charge in [-0.25, -0.2) is 0 Å². The zero-order chi connectivity index (χ0) is 19.6. The van der Waals surface area contributed by atoms with Crippen LogP contribution >= 0.6 is 0 Å². The van der Waals surface area contributed by atoms with Crippen LogP contribution in [-0.2, 0) is 17.9 Å². The summed E-state index contributed by atoms with van der Waals surface area (Å²) in [5.74, 6) is 0.132. The largest absolute Gasteiger partial charge is 0.361 e. The topological polar surface area (TPSA) is 48.1 Å². The minimum atomic E-state index is -0.0563. The smallest absolute Gasteiger partial charge is 0.237 e. The molecule has 1 aromatic heterocycles. The molecule has 3 aromatic carbocycles. The first-order chi connectivity index (χ1) is 14.3. The number of carbonyl (C=O) groups is 1. The molecule has 2 N–H and O–H groups in total. The van der Waals surface area contributed by atoms with Crippen LogP contribution in [0.1, 0.15) is 24.0 Å². The van der Waals surface area contributed by atoms with E-state index in [1.165, 1.54) is 21.7 Å². The standard InChI is InChI=1S/C25H25N3O/c29-25(27-16-20-15-26-23-12-4-3-11-22(20)23)24-13-6-14-28(24)17-19-9-5-8-18-7-1-2-10-21(18)19/h1-5,7-12,15,24,26H,6,13-14,16-17H2,(H,27,29)/t24-/m1/s1. The third-order valence-corrected chi connectivity index (χ3v) is 6.05. The molecule has 29 heavy (non-hydrogen) atoms. The first kappa shape index (κ1) is 18.0. The maximum atomic E-state index is 13.0. The minimum Gasteiger partial charge on any atom is -0.361 e. The molecule has 1 atom stereocenters. The number of aromatic nitrogens is 1. The van der Waals surface area contributed by atoms with Crippen molar-refractivity contribution < 1.29 is 4.79 Å². The molecule has 1 aliphatic heterocycles. The normalized spacial score (nSPS) is 17.2. The lowest BCUT2D eigenvalue weighted by molar-refractivity contribution is -0.125. The van der Waals surface area contributed by atoms with Crippen molar-refractivity contribution in [1.82, 2.24) is 15.2 Å². The van der Waals surface area contributed by atoms with Crippen molar-refractivity contribution >= 4 is 27.6 Å². The van der Waals surface area contributed by atoms with Gasteiger partial charge in [0.25, 0.3) is 0 Å². The molecule has 1 saturated heterocycles.